The molecule has 0 atom stereocenters. The van der Waals surface area contributed by atoms with Crippen molar-refractivity contribution in [2.45, 2.75) is 19.3 Å². The van der Waals surface area contributed by atoms with Crippen molar-refractivity contribution in [2.75, 3.05) is 33.4 Å². The number of benzene rings is 2. The molecule has 4 heteroatoms. The van der Waals surface area contributed by atoms with Gasteiger partial charge in [-0.05, 0) is 80.9 Å². The van der Waals surface area contributed by atoms with Crippen LogP contribution in [0.5, 0.6) is 11.5 Å². The number of hydrogen-bond acceptors (Lipinski definition) is 3. The molecule has 0 spiro atoms. The summed E-state index contributed by atoms with van der Waals surface area (Å²) in [6.07, 6.45) is 7.08. The molecule has 1 aromatic heterocycles. The third kappa shape index (κ3) is 3.70. The van der Waals surface area contributed by atoms with E-state index in [0.717, 1.165) is 47.7 Å². The average Bonchev–Trinajstić information content (AvgIpc) is 3.35. The second kappa shape index (κ2) is 7.83. The maximum atomic E-state index is 5.89. The first-order valence-corrected chi connectivity index (χ1v) is 9.36. The standard InChI is InChI=1S/C22H25N2O2/c1-25-21-9-10-22-18(17-21)11-15-24(22)19-5-7-20(8-6-19)26-16-4-14-23-12-2-3-13-23/h5-11,17H,2-4,12-14,16H2,1H3. The Kier molecular flexibility index (Phi) is 5.12. The van der Waals surface area contributed by atoms with Gasteiger partial charge in [0.1, 0.15) is 11.5 Å². The third-order valence-electron chi connectivity index (χ3n) is 5.01. The van der Waals surface area contributed by atoms with E-state index in [1.807, 2.05) is 30.3 Å². The second-order valence-electron chi connectivity index (χ2n) is 6.78. The van der Waals surface area contributed by atoms with Gasteiger partial charge in [-0.1, -0.05) is 0 Å². The van der Waals surface area contributed by atoms with Gasteiger partial charge >= 0.3 is 0 Å². The van der Waals surface area contributed by atoms with Crippen LogP contribution in [0.25, 0.3) is 16.6 Å². The van der Waals surface area contributed by atoms with Gasteiger partial charge in [-0.2, -0.15) is 0 Å². The van der Waals surface area contributed by atoms with Gasteiger partial charge in [-0.3, -0.25) is 0 Å². The molecule has 1 fully saturated rings. The van der Waals surface area contributed by atoms with Crippen LogP contribution in [-0.2, 0) is 0 Å². The zero-order chi connectivity index (χ0) is 17.8. The highest BCUT2D eigenvalue weighted by Crippen LogP contribution is 2.25. The number of rotatable bonds is 7. The number of ether oxygens (including phenoxy) is 2. The van der Waals surface area contributed by atoms with Gasteiger partial charge in [0.05, 0.1) is 25.4 Å². The van der Waals surface area contributed by atoms with E-state index < -0.39 is 0 Å². The average molecular weight is 349 g/mol. The van der Waals surface area contributed by atoms with E-state index in [9.17, 15) is 0 Å². The molecule has 135 valence electrons. The van der Waals surface area contributed by atoms with Crippen molar-refractivity contribution in [3.05, 3.63) is 54.7 Å². The maximum Gasteiger partial charge on any atom is 0.119 e. The minimum absolute atomic E-state index is 0.772. The van der Waals surface area contributed by atoms with E-state index in [1.54, 1.807) is 7.11 Å². The van der Waals surface area contributed by atoms with E-state index >= 15 is 0 Å². The van der Waals surface area contributed by atoms with Crippen LogP contribution in [-0.4, -0.2) is 42.8 Å². The molecule has 26 heavy (non-hydrogen) atoms. The molecule has 2 aromatic carbocycles. The fourth-order valence-electron chi connectivity index (χ4n) is 3.57. The Labute approximate surface area is 154 Å². The Balaban J connectivity index is 1.38. The Hall–Kier alpha value is -2.46. The van der Waals surface area contributed by atoms with Crippen LogP contribution in [0.15, 0.2) is 48.5 Å². The maximum absolute atomic E-state index is 5.89. The Bertz CT molecular complexity index is 848. The fourth-order valence-corrected chi connectivity index (χ4v) is 3.57. The number of nitrogens with zero attached hydrogens (tertiary/aromatic N) is 2. The minimum atomic E-state index is 0.772. The predicted octanol–water partition coefficient (Wildman–Crippen LogP) is 4.30. The van der Waals surface area contributed by atoms with Crippen molar-refractivity contribution < 1.29 is 9.47 Å². The summed E-state index contributed by atoms with van der Waals surface area (Å²) in [5.74, 6) is 1.79. The Morgan fingerprint density at radius 3 is 2.54 bits per heavy atom. The molecule has 4 nitrogen and oxygen atoms in total. The van der Waals surface area contributed by atoms with Gasteiger partial charge in [0.2, 0.25) is 0 Å². The van der Waals surface area contributed by atoms with E-state index in [1.165, 1.54) is 25.9 Å². The third-order valence-corrected chi connectivity index (χ3v) is 5.01. The van der Waals surface area contributed by atoms with Crippen LogP contribution in [0.1, 0.15) is 19.3 Å². The van der Waals surface area contributed by atoms with Crippen LogP contribution in [0.2, 0.25) is 0 Å². The lowest BCUT2D eigenvalue weighted by molar-refractivity contribution is 0.263. The van der Waals surface area contributed by atoms with Crippen molar-refractivity contribution in [3.63, 3.8) is 0 Å². The van der Waals surface area contributed by atoms with Crippen LogP contribution in [0, 0.1) is 6.20 Å². The molecule has 0 saturated carbocycles. The molecule has 0 unspecified atom stereocenters. The molecule has 0 bridgehead atoms. The van der Waals surface area contributed by atoms with Crippen molar-refractivity contribution in [3.8, 4) is 17.2 Å². The van der Waals surface area contributed by atoms with Crippen LogP contribution in [0.4, 0.5) is 0 Å². The fraction of sp³-hybridized carbons (Fsp3) is 0.364. The molecule has 3 aromatic rings. The minimum Gasteiger partial charge on any atom is -0.497 e. The lowest BCUT2D eigenvalue weighted by Gasteiger charge is -2.14. The topological polar surface area (TPSA) is 26.6 Å². The summed E-state index contributed by atoms with van der Waals surface area (Å²) in [5.41, 5.74) is 2.19. The Morgan fingerprint density at radius 2 is 1.77 bits per heavy atom. The van der Waals surface area contributed by atoms with Crippen molar-refractivity contribution in [1.29, 1.82) is 0 Å². The number of hydrogen-bond donors (Lipinski definition) is 0. The summed E-state index contributed by atoms with van der Waals surface area (Å²) in [6, 6.07) is 16.3. The normalized spacial score (nSPS) is 14.8. The lowest BCUT2D eigenvalue weighted by Crippen LogP contribution is -2.21. The molecule has 1 saturated heterocycles. The highest BCUT2D eigenvalue weighted by molar-refractivity contribution is 5.83. The SMILES string of the molecule is COc1ccc2c(c[c]n2-c2ccc(OCCCN3CCCC3)cc2)c1. The van der Waals surface area contributed by atoms with Gasteiger partial charge < -0.3 is 18.9 Å². The zero-order valence-corrected chi connectivity index (χ0v) is 15.3. The number of methoxy groups -OCH3 is 1. The summed E-state index contributed by atoms with van der Waals surface area (Å²) in [6.45, 7) is 4.42. The first-order valence-electron chi connectivity index (χ1n) is 9.36. The molecule has 2 heterocycles. The molecule has 1 aliphatic heterocycles. The first kappa shape index (κ1) is 17.0. The Morgan fingerprint density at radius 1 is 1.00 bits per heavy atom. The summed E-state index contributed by atoms with van der Waals surface area (Å²) in [7, 11) is 1.69. The number of aromatic nitrogens is 1. The summed E-state index contributed by atoms with van der Waals surface area (Å²) < 4.78 is 13.2. The van der Waals surface area contributed by atoms with Gasteiger partial charge in [0, 0.05) is 17.6 Å². The molecule has 0 amide bonds. The smallest absolute Gasteiger partial charge is 0.119 e. The molecular formula is C22H25N2O2. The summed E-state index contributed by atoms with van der Waals surface area (Å²) in [5, 5.41) is 1.12. The van der Waals surface area contributed by atoms with Crippen molar-refractivity contribution in [1.82, 2.24) is 9.47 Å². The monoisotopic (exact) mass is 349 g/mol. The van der Waals surface area contributed by atoms with E-state index in [4.69, 9.17) is 9.47 Å². The number of likely N-dealkylation sites (tertiary alicyclic amines) is 1. The molecule has 4 rings (SSSR count). The summed E-state index contributed by atoms with van der Waals surface area (Å²) in [4.78, 5) is 2.52. The highest BCUT2D eigenvalue weighted by atomic mass is 16.5. The lowest BCUT2D eigenvalue weighted by atomic mass is 10.2. The quantitative estimate of drug-likeness (QED) is 0.595. The van der Waals surface area contributed by atoms with Crippen molar-refractivity contribution >= 4 is 10.9 Å². The van der Waals surface area contributed by atoms with Crippen LogP contribution in [0.3, 0.4) is 0 Å². The van der Waals surface area contributed by atoms with E-state index in [0.29, 0.717) is 0 Å². The van der Waals surface area contributed by atoms with Crippen LogP contribution >= 0.6 is 0 Å². The molecule has 1 radical (unpaired) electrons. The van der Waals surface area contributed by atoms with Gasteiger partial charge in [-0.15, -0.1) is 0 Å². The van der Waals surface area contributed by atoms with E-state index in [2.05, 4.69) is 33.9 Å². The molecule has 1 aliphatic rings. The molecule has 0 N–H and O–H groups in total. The van der Waals surface area contributed by atoms with Crippen molar-refractivity contribution in [2.24, 2.45) is 0 Å². The largest absolute Gasteiger partial charge is 0.497 e. The summed E-state index contributed by atoms with van der Waals surface area (Å²) >= 11 is 0. The molecular weight excluding hydrogens is 324 g/mol. The van der Waals surface area contributed by atoms with E-state index in [-0.39, 0.29) is 0 Å². The number of fused-ring (bicyclic) bond motifs is 1. The van der Waals surface area contributed by atoms with Gasteiger partial charge in [0.15, 0.2) is 0 Å². The predicted molar refractivity (Wildman–Crippen MR) is 104 cm³/mol. The van der Waals surface area contributed by atoms with Gasteiger partial charge in [0.25, 0.3) is 0 Å². The van der Waals surface area contributed by atoms with Crippen LogP contribution < -0.4 is 9.47 Å². The first-order chi connectivity index (χ1) is 12.8. The zero-order valence-electron chi connectivity index (χ0n) is 15.3. The second-order valence-corrected chi connectivity index (χ2v) is 6.78. The molecule has 0 aliphatic carbocycles. The van der Waals surface area contributed by atoms with Gasteiger partial charge in [-0.25, -0.2) is 0 Å². The highest BCUT2D eigenvalue weighted by Gasteiger charge is 2.10.